The first-order valence-corrected chi connectivity index (χ1v) is 11.4. The molecule has 0 bridgehead atoms. The average molecular weight is 475 g/mol. The number of rotatable bonds is 5. The van der Waals surface area contributed by atoms with Gasteiger partial charge in [-0.1, -0.05) is 0 Å². The lowest BCUT2D eigenvalue weighted by molar-refractivity contribution is -0.130. The van der Waals surface area contributed by atoms with Crippen LogP contribution in [0.15, 0.2) is 67.0 Å². The van der Waals surface area contributed by atoms with Crippen LogP contribution >= 0.6 is 0 Å². The summed E-state index contributed by atoms with van der Waals surface area (Å²) in [6, 6.07) is 14.6. The molecule has 1 aliphatic rings. The van der Waals surface area contributed by atoms with Gasteiger partial charge in [-0.15, -0.1) is 5.10 Å². The Bertz CT molecular complexity index is 1330. The van der Waals surface area contributed by atoms with E-state index in [1.165, 1.54) is 18.2 Å². The average Bonchev–Trinajstić information content (AvgIpc) is 3.30. The number of hydrogen-bond donors (Lipinski definition) is 0. The first kappa shape index (κ1) is 22.6. The molecule has 1 amide bonds. The zero-order valence-corrected chi connectivity index (χ0v) is 19.2. The van der Waals surface area contributed by atoms with Gasteiger partial charge in [0.2, 0.25) is 5.91 Å². The highest BCUT2D eigenvalue weighted by atomic mass is 19.1. The lowest BCUT2D eigenvalue weighted by Crippen LogP contribution is -2.49. The van der Waals surface area contributed by atoms with Crippen molar-refractivity contribution in [1.82, 2.24) is 24.6 Å². The smallest absolute Gasteiger partial charge is 0.230 e. The monoisotopic (exact) mass is 474 g/mol. The fourth-order valence-corrected chi connectivity index (χ4v) is 4.21. The van der Waals surface area contributed by atoms with Crippen molar-refractivity contribution in [1.29, 1.82) is 0 Å². The van der Waals surface area contributed by atoms with E-state index in [0.717, 1.165) is 11.4 Å². The van der Waals surface area contributed by atoms with Gasteiger partial charge < -0.3 is 14.4 Å². The van der Waals surface area contributed by atoms with E-state index in [0.29, 0.717) is 48.9 Å². The van der Waals surface area contributed by atoms with Crippen LogP contribution in [0.25, 0.3) is 16.9 Å². The highest BCUT2D eigenvalue weighted by Gasteiger charge is 2.24. The predicted octanol–water partition coefficient (Wildman–Crippen LogP) is 3.81. The van der Waals surface area contributed by atoms with Crippen molar-refractivity contribution >= 4 is 11.7 Å². The molecule has 0 saturated carbocycles. The van der Waals surface area contributed by atoms with Crippen LogP contribution in [0, 0.1) is 18.6 Å². The molecule has 7 nitrogen and oxygen atoms in total. The second-order valence-corrected chi connectivity index (χ2v) is 8.48. The molecule has 0 atom stereocenters. The Balaban J connectivity index is 1.38. The number of amides is 1. The number of benzene rings is 2. The third kappa shape index (κ3) is 4.89. The van der Waals surface area contributed by atoms with Crippen molar-refractivity contribution < 1.29 is 13.6 Å². The Hall–Kier alpha value is -4.14. The molecular weight excluding hydrogens is 450 g/mol. The van der Waals surface area contributed by atoms with Crippen molar-refractivity contribution in [3.8, 4) is 16.9 Å². The largest absolute Gasteiger partial charge is 0.352 e. The van der Waals surface area contributed by atoms with E-state index >= 15 is 0 Å². The van der Waals surface area contributed by atoms with Gasteiger partial charge in [-0.3, -0.25) is 4.79 Å². The summed E-state index contributed by atoms with van der Waals surface area (Å²) >= 11 is 0. The number of anilines is 1. The number of nitrogens with zero attached hydrogens (tertiary/aromatic N) is 6. The van der Waals surface area contributed by atoms with Gasteiger partial charge in [-0.05, 0) is 67.1 Å². The number of imidazole rings is 1. The maximum absolute atomic E-state index is 13.8. The summed E-state index contributed by atoms with van der Waals surface area (Å²) in [5.41, 5.74) is 2.57. The second kappa shape index (κ2) is 9.61. The van der Waals surface area contributed by atoms with E-state index in [1.807, 2.05) is 17.0 Å². The Kier molecular flexibility index (Phi) is 6.22. The Morgan fingerprint density at radius 3 is 2.46 bits per heavy atom. The SMILES string of the molecule is Cc1cc(-c2cn(-c3ccc(F)cc3)c(CC(=O)N3CCN(c4cccnn4)CC3)n2)ccc1F. The number of aromatic nitrogens is 4. The summed E-state index contributed by atoms with van der Waals surface area (Å²) in [6.45, 7) is 4.15. The summed E-state index contributed by atoms with van der Waals surface area (Å²) in [5.74, 6) is 0.657. The third-order valence-corrected chi connectivity index (χ3v) is 6.16. The zero-order valence-electron chi connectivity index (χ0n) is 19.2. The highest BCUT2D eigenvalue weighted by Crippen LogP contribution is 2.25. The Labute approximate surface area is 201 Å². The van der Waals surface area contributed by atoms with Gasteiger partial charge in [0.25, 0.3) is 0 Å². The molecule has 1 aliphatic heterocycles. The minimum atomic E-state index is -0.346. The zero-order chi connectivity index (χ0) is 24.4. The van der Waals surface area contributed by atoms with Crippen LogP contribution < -0.4 is 4.90 Å². The highest BCUT2D eigenvalue weighted by molar-refractivity contribution is 5.79. The molecule has 1 saturated heterocycles. The molecule has 9 heteroatoms. The summed E-state index contributed by atoms with van der Waals surface area (Å²) in [6.07, 6.45) is 3.52. The molecule has 0 unspecified atom stereocenters. The molecule has 178 valence electrons. The first-order chi connectivity index (χ1) is 17.0. The van der Waals surface area contributed by atoms with Crippen molar-refractivity contribution in [3.05, 3.63) is 90.0 Å². The number of aryl methyl sites for hydroxylation is 1. The number of carbonyl (C=O) groups is 1. The third-order valence-electron chi connectivity index (χ3n) is 6.16. The number of halogens is 2. The van der Waals surface area contributed by atoms with Gasteiger partial charge in [0.15, 0.2) is 5.82 Å². The van der Waals surface area contributed by atoms with Crippen LogP contribution in [0.2, 0.25) is 0 Å². The maximum Gasteiger partial charge on any atom is 0.230 e. The van der Waals surface area contributed by atoms with Gasteiger partial charge in [-0.2, -0.15) is 5.10 Å². The minimum absolute atomic E-state index is 0.0420. The molecule has 4 aromatic rings. The van der Waals surface area contributed by atoms with Crippen LogP contribution in [0.4, 0.5) is 14.6 Å². The van der Waals surface area contributed by atoms with Crippen LogP contribution in [0.5, 0.6) is 0 Å². The minimum Gasteiger partial charge on any atom is -0.352 e. The van der Waals surface area contributed by atoms with Crippen molar-refractivity contribution in [3.63, 3.8) is 0 Å². The Morgan fingerprint density at radius 1 is 1.00 bits per heavy atom. The standard InChI is InChI=1S/C26H24F2N6O/c1-18-15-19(4-9-22(18)28)23-17-34(21-7-5-20(27)6-8-21)25(30-23)16-26(35)33-13-11-32(12-14-33)24-3-2-10-29-31-24/h2-10,15,17H,11-14,16H2,1H3. The van der Waals surface area contributed by atoms with Crippen LogP contribution in [-0.4, -0.2) is 56.7 Å². The predicted molar refractivity (Wildman–Crippen MR) is 128 cm³/mol. The molecule has 0 aliphatic carbocycles. The van der Waals surface area contributed by atoms with Gasteiger partial charge in [0.05, 0.1) is 12.1 Å². The molecule has 0 radical (unpaired) electrons. The lowest BCUT2D eigenvalue weighted by Gasteiger charge is -2.35. The number of carbonyl (C=O) groups excluding carboxylic acids is 1. The van der Waals surface area contributed by atoms with Crippen LogP contribution in [0.1, 0.15) is 11.4 Å². The number of piperazine rings is 1. The first-order valence-electron chi connectivity index (χ1n) is 11.4. The van der Waals surface area contributed by atoms with Crippen LogP contribution in [-0.2, 0) is 11.2 Å². The second-order valence-electron chi connectivity index (χ2n) is 8.48. The topological polar surface area (TPSA) is 67.2 Å². The molecule has 35 heavy (non-hydrogen) atoms. The molecule has 5 rings (SSSR count). The quantitative estimate of drug-likeness (QED) is 0.440. The van der Waals surface area contributed by atoms with Crippen molar-refractivity contribution in [2.75, 3.05) is 31.1 Å². The van der Waals surface area contributed by atoms with E-state index in [-0.39, 0.29) is 24.0 Å². The van der Waals surface area contributed by atoms with E-state index in [9.17, 15) is 13.6 Å². The van der Waals surface area contributed by atoms with Gasteiger partial charge in [0.1, 0.15) is 17.5 Å². The van der Waals surface area contributed by atoms with Gasteiger partial charge in [-0.25, -0.2) is 13.8 Å². The van der Waals surface area contributed by atoms with E-state index < -0.39 is 0 Å². The van der Waals surface area contributed by atoms with Crippen molar-refractivity contribution in [2.45, 2.75) is 13.3 Å². The molecule has 0 spiro atoms. The molecule has 2 aromatic heterocycles. The normalized spacial score (nSPS) is 13.8. The van der Waals surface area contributed by atoms with Crippen molar-refractivity contribution in [2.24, 2.45) is 0 Å². The van der Waals surface area contributed by atoms with E-state index in [4.69, 9.17) is 4.98 Å². The fourth-order valence-electron chi connectivity index (χ4n) is 4.21. The molecule has 0 N–H and O–H groups in total. The molecule has 3 heterocycles. The van der Waals surface area contributed by atoms with E-state index in [1.54, 1.807) is 48.1 Å². The van der Waals surface area contributed by atoms with Gasteiger partial charge in [0, 0.05) is 49.8 Å². The van der Waals surface area contributed by atoms with Gasteiger partial charge >= 0.3 is 0 Å². The molecule has 2 aromatic carbocycles. The summed E-state index contributed by atoms with van der Waals surface area (Å²) in [5, 5.41) is 8.07. The molecular formula is C26H24F2N6O. The lowest BCUT2D eigenvalue weighted by atomic mass is 10.1. The van der Waals surface area contributed by atoms with Crippen LogP contribution in [0.3, 0.4) is 0 Å². The maximum atomic E-state index is 13.8. The number of hydrogen-bond acceptors (Lipinski definition) is 5. The summed E-state index contributed by atoms with van der Waals surface area (Å²) < 4.78 is 29.1. The summed E-state index contributed by atoms with van der Waals surface area (Å²) in [7, 11) is 0. The Morgan fingerprint density at radius 2 is 1.77 bits per heavy atom. The van der Waals surface area contributed by atoms with E-state index in [2.05, 4.69) is 15.1 Å². The fraction of sp³-hybridized carbons (Fsp3) is 0.231. The molecule has 1 fully saturated rings. The summed E-state index contributed by atoms with van der Waals surface area (Å²) in [4.78, 5) is 21.8.